The number of ether oxygens (including phenoxy) is 2. The number of carbonyl (C=O) groups excluding carboxylic acids is 4. The zero-order chi connectivity index (χ0) is 24.5. The average Bonchev–Trinajstić information content (AvgIpc) is 2.68. The largest absolute Gasteiger partial charge is 0.459 e. The van der Waals surface area contributed by atoms with Crippen molar-refractivity contribution in [3.8, 4) is 0 Å². The summed E-state index contributed by atoms with van der Waals surface area (Å²) < 4.78 is 9.75. The van der Waals surface area contributed by atoms with E-state index in [9.17, 15) is 34.4 Å². The number of alkyl carbamates (subject to hydrolysis) is 1. The maximum Gasteiger partial charge on any atom is 0.408 e. The minimum atomic E-state index is -2.17. The summed E-state index contributed by atoms with van der Waals surface area (Å²) in [4.78, 5) is 65.4. The molecule has 1 aromatic rings. The van der Waals surface area contributed by atoms with Gasteiger partial charge >= 0.3 is 18.0 Å². The maximum atomic E-state index is 12.0. The molecule has 0 aliphatic carbocycles. The van der Waals surface area contributed by atoms with Crippen LogP contribution in [0, 0.1) is 10.1 Å². The van der Waals surface area contributed by atoms with Gasteiger partial charge in [-0.05, 0) is 38.5 Å². The van der Waals surface area contributed by atoms with E-state index in [1.165, 1.54) is 45.0 Å². The molecule has 176 valence electrons. The first kappa shape index (κ1) is 26.3. The number of non-ortho nitro benzene ring substituents is 1. The van der Waals surface area contributed by atoms with Crippen LogP contribution < -0.4 is 11.1 Å². The van der Waals surface area contributed by atoms with Crippen molar-refractivity contribution in [3.05, 3.63) is 39.9 Å². The van der Waals surface area contributed by atoms with E-state index in [0.717, 1.165) is 0 Å². The van der Waals surface area contributed by atoms with Gasteiger partial charge in [-0.3, -0.25) is 19.8 Å². The number of aliphatic hydroxyl groups is 1. The number of nitro benzene ring substituents is 1. The fourth-order valence-corrected chi connectivity index (χ4v) is 1.97. The quantitative estimate of drug-likeness (QED) is 0.182. The molecule has 0 radical (unpaired) electrons. The van der Waals surface area contributed by atoms with Crippen molar-refractivity contribution in [2.45, 2.75) is 45.1 Å². The first-order chi connectivity index (χ1) is 14.8. The van der Waals surface area contributed by atoms with Crippen molar-refractivity contribution < 1.29 is 48.5 Å². The van der Waals surface area contributed by atoms with Gasteiger partial charge in [-0.1, -0.05) is 0 Å². The predicted octanol–water partition coefficient (Wildman–Crippen LogP) is -0.148. The second-order valence-corrected chi connectivity index (χ2v) is 7.22. The SMILES string of the molecule is CC(C)(C)OC(=O)N[C@H](C(=O)OOCC(=O)OCc1ccc([N+](=O)[O-])cc1)C(O)C(N)=O. The molecule has 0 aromatic heterocycles. The number of primary amides is 1. The zero-order valence-corrected chi connectivity index (χ0v) is 17.4. The summed E-state index contributed by atoms with van der Waals surface area (Å²) in [6.07, 6.45) is -3.32. The lowest BCUT2D eigenvalue weighted by Gasteiger charge is -2.23. The van der Waals surface area contributed by atoms with Gasteiger partial charge in [-0.15, -0.1) is 0 Å². The number of nitrogens with zero attached hydrogens (tertiary/aromatic N) is 1. The third kappa shape index (κ3) is 9.36. The first-order valence-electron chi connectivity index (χ1n) is 8.99. The highest BCUT2D eigenvalue weighted by molar-refractivity contribution is 5.90. The van der Waals surface area contributed by atoms with Gasteiger partial charge in [0.25, 0.3) is 5.69 Å². The summed E-state index contributed by atoms with van der Waals surface area (Å²) >= 11 is 0. The van der Waals surface area contributed by atoms with Crippen molar-refractivity contribution in [3.63, 3.8) is 0 Å². The summed E-state index contributed by atoms with van der Waals surface area (Å²) in [7, 11) is 0. The minimum Gasteiger partial charge on any atom is -0.459 e. The summed E-state index contributed by atoms with van der Waals surface area (Å²) in [5.41, 5.74) is 4.30. The minimum absolute atomic E-state index is 0.136. The van der Waals surface area contributed by atoms with Gasteiger partial charge in [0.1, 0.15) is 12.2 Å². The smallest absolute Gasteiger partial charge is 0.408 e. The molecule has 0 spiro atoms. The fourth-order valence-electron chi connectivity index (χ4n) is 1.97. The Morgan fingerprint density at radius 3 is 2.28 bits per heavy atom. The molecule has 4 N–H and O–H groups in total. The summed E-state index contributed by atoms with van der Waals surface area (Å²) in [6.45, 7) is 3.50. The van der Waals surface area contributed by atoms with Crippen molar-refractivity contribution in [1.29, 1.82) is 0 Å². The van der Waals surface area contributed by atoms with Gasteiger partial charge in [-0.25, -0.2) is 14.4 Å². The van der Waals surface area contributed by atoms with Crippen LogP contribution in [0.3, 0.4) is 0 Å². The molecule has 0 saturated heterocycles. The molecular formula is C18H23N3O11. The number of esters is 1. The molecule has 14 heteroatoms. The molecular weight excluding hydrogens is 434 g/mol. The van der Waals surface area contributed by atoms with Crippen molar-refractivity contribution in [1.82, 2.24) is 5.32 Å². The van der Waals surface area contributed by atoms with E-state index in [0.29, 0.717) is 5.56 Å². The van der Waals surface area contributed by atoms with Gasteiger partial charge in [-0.2, -0.15) is 4.89 Å². The molecule has 32 heavy (non-hydrogen) atoms. The summed E-state index contributed by atoms with van der Waals surface area (Å²) in [5, 5.41) is 22.3. The average molecular weight is 457 g/mol. The molecule has 0 fully saturated rings. The molecule has 0 aliphatic rings. The second kappa shape index (κ2) is 11.6. The molecule has 0 bridgehead atoms. The highest BCUT2D eigenvalue weighted by Crippen LogP contribution is 2.12. The third-order valence-electron chi connectivity index (χ3n) is 3.40. The third-order valence-corrected chi connectivity index (χ3v) is 3.40. The second-order valence-electron chi connectivity index (χ2n) is 7.22. The van der Waals surface area contributed by atoms with Crippen molar-refractivity contribution in [2.75, 3.05) is 6.61 Å². The van der Waals surface area contributed by atoms with Crippen LogP contribution >= 0.6 is 0 Å². The maximum absolute atomic E-state index is 12.0. The lowest BCUT2D eigenvalue weighted by atomic mass is 10.1. The van der Waals surface area contributed by atoms with Crippen LogP contribution in [0.15, 0.2) is 24.3 Å². The molecule has 2 atom stereocenters. The topological polar surface area (TPSA) is 207 Å². The number of carbonyl (C=O) groups is 4. The Balaban J connectivity index is 2.54. The van der Waals surface area contributed by atoms with Crippen LogP contribution in [-0.2, 0) is 40.2 Å². The van der Waals surface area contributed by atoms with Crippen LogP contribution in [0.4, 0.5) is 10.5 Å². The molecule has 0 aliphatic heterocycles. The number of aliphatic hydroxyl groups excluding tert-OH is 1. The number of hydrogen-bond donors (Lipinski definition) is 3. The lowest BCUT2D eigenvalue weighted by Crippen LogP contribution is -2.55. The van der Waals surface area contributed by atoms with Gasteiger partial charge in [0, 0.05) is 12.1 Å². The molecule has 0 heterocycles. The monoisotopic (exact) mass is 457 g/mol. The number of hydrogen-bond acceptors (Lipinski definition) is 11. The van der Waals surface area contributed by atoms with E-state index in [4.69, 9.17) is 15.2 Å². The molecule has 2 amide bonds. The molecule has 1 unspecified atom stereocenters. The van der Waals surface area contributed by atoms with Gasteiger partial charge < -0.3 is 25.6 Å². The Bertz CT molecular complexity index is 849. The van der Waals surface area contributed by atoms with Crippen molar-refractivity contribution in [2.24, 2.45) is 5.73 Å². The van der Waals surface area contributed by atoms with E-state index < -0.39 is 53.2 Å². The van der Waals surface area contributed by atoms with Crippen LogP contribution in [0.2, 0.25) is 0 Å². The number of nitrogens with one attached hydrogen (secondary N) is 1. The van der Waals surface area contributed by atoms with E-state index in [-0.39, 0.29) is 12.3 Å². The van der Waals surface area contributed by atoms with E-state index in [1.807, 2.05) is 5.32 Å². The van der Waals surface area contributed by atoms with Gasteiger partial charge in [0.05, 0.1) is 4.92 Å². The first-order valence-corrected chi connectivity index (χ1v) is 8.99. The fraction of sp³-hybridized carbons (Fsp3) is 0.444. The number of benzene rings is 1. The van der Waals surface area contributed by atoms with Gasteiger partial charge in [0.2, 0.25) is 5.91 Å². The normalized spacial score (nSPS) is 12.8. The lowest BCUT2D eigenvalue weighted by molar-refractivity contribution is -0.384. The molecule has 0 saturated carbocycles. The molecule has 1 aromatic carbocycles. The number of amides is 2. The van der Waals surface area contributed by atoms with E-state index >= 15 is 0 Å². The Morgan fingerprint density at radius 2 is 1.78 bits per heavy atom. The van der Waals surface area contributed by atoms with E-state index in [2.05, 4.69) is 9.78 Å². The Morgan fingerprint density at radius 1 is 1.19 bits per heavy atom. The zero-order valence-electron chi connectivity index (χ0n) is 17.4. The predicted molar refractivity (Wildman–Crippen MR) is 103 cm³/mol. The Kier molecular flexibility index (Phi) is 9.49. The van der Waals surface area contributed by atoms with Gasteiger partial charge in [0.15, 0.2) is 18.8 Å². The highest BCUT2D eigenvalue weighted by atomic mass is 17.2. The number of nitro groups is 1. The number of nitrogens with two attached hydrogens (primary N) is 1. The summed E-state index contributed by atoms with van der Waals surface area (Å²) in [6, 6.07) is 3.24. The van der Waals surface area contributed by atoms with E-state index in [1.54, 1.807) is 0 Å². The molecule has 1 rings (SSSR count). The van der Waals surface area contributed by atoms with Crippen molar-refractivity contribution >= 4 is 29.6 Å². The standard InChI is InChI=1S/C18H23N3O11/c1-18(2,3)31-17(26)20-13(14(23)15(19)24)16(25)32-30-9-12(22)29-8-10-4-6-11(7-5-10)21(27)28/h4-7,13-14,23H,8-9H2,1-3H3,(H2,19,24)(H,20,26)/t13-,14?/m0/s1. The number of rotatable bonds is 10. The van der Waals surface area contributed by atoms with Crippen LogP contribution in [0.1, 0.15) is 26.3 Å². The summed E-state index contributed by atoms with van der Waals surface area (Å²) in [5.74, 6) is -3.75. The Labute approximate surface area is 181 Å². The molecule has 14 nitrogen and oxygen atoms in total. The highest BCUT2D eigenvalue weighted by Gasteiger charge is 2.36. The van der Waals surface area contributed by atoms with Crippen LogP contribution in [-0.4, -0.2) is 58.3 Å². The van der Waals surface area contributed by atoms with Crippen LogP contribution in [0.25, 0.3) is 0 Å². The Hall–Kier alpha value is -3.78. The van der Waals surface area contributed by atoms with Crippen LogP contribution in [0.5, 0.6) is 0 Å².